The number of amides is 1. The van der Waals surface area contributed by atoms with Crippen molar-refractivity contribution in [3.05, 3.63) is 0 Å². The smallest absolute Gasteiger partial charge is 0.306 e. The van der Waals surface area contributed by atoms with Gasteiger partial charge in [0.2, 0.25) is 5.91 Å². The Kier molecular flexibility index (Phi) is 5.63. The Labute approximate surface area is 109 Å². The average molecular weight is 255 g/mol. The number of hydrogen-bond acceptors (Lipinski definition) is 2. The van der Waals surface area contributed by atoms with Gasteiger partial charge in [-0.05, 0) is 38.5 Å². The molecule has 1 fully saturated rings. The largest absolute Gasteiger partial charge is 0.481 e. The van der Waals surface area contributed by atoms with Crippen LogP contribution in [0.4, 0.5) is 0 Å². The monoisotopic (exact) mass is 255 g/mol. The van der Waals surface area contributed by atoms with Crippen molar-refractivity contribution in [1.29, 1.82) is 0 Å². The van der Waals surface area contributed by atoms with Crippen molar-refractivity contribution in [1.82, 2.24) is 4.90 Å². The molecule has 4 heteroatoms. The van der Waals surface area contributed by atoms with E-state index in [4.69, 9.17) is 5.11 Å². The summed E-state index contributed by atoms with van der Waals surface area (Å²) in [5, 5.41) is 8.94. The van der Waals surface area contributed by atoms with E-state index in [0.29, 0.717) is 18.9 Å². The van der Waals surface area contributed by atoms with Gasteiger partial charge >= 0.3 is 5.97 Å². The summed E-state index contributed by atoms with van der Waals surface area (Å²) in [7, 11) is 1.88. The molecule has 1 aliphatic rings. The molecule has 0 saturated heterocycles. The molecule has 0 aromatic rings. The third kappa shape index (κ3) is 3.47. The van der Waals surface area contributed by atoms with E-state index in [2.05, 4.69) is 13.8 Å². The molecular weight excluding hydrogens is 230 g/mol. The summed E-state index contributed by atoms with van der Waals surface area (Å²) in [6.07, 6.45) is 4.68. The van der Waals surface area contributed by atoms with E-state index in [1.165, 1.54) is 0 Å². The maximum Gasteiger partial charge on any atom is 0.306 e. The summed E-state index contributed by atoms with van der Waals surface area (Å²) in [5.41, 5.74) is 0. The molecule has 0 heterocycles. The highest BCUT2D eigenvalue weighted by molar-refractivity contribution is 5.79. The molecule has 0 radical (unpaired) electrons. The van der Waals surface area contributed by atoms with E-state index in [9.17, 15) is 9.59 Å². The van der Waals surface area contributed by atoms with Gasteiger partial charge in [0.1, 0.15) is 0 Å². The molecule has 4 nitrogen and oxygen atoms in total. The molecule has 0 unspecified atom stereocenters. The van der Waals surface area contributed by atoms with Gasteiger partial charge in [-0.3, -0.25) is 9.59 Å². The molecule has 1 aliphatic carbocycles. The highest BCUT2D eigenvalue weighted by Crippen LogP contribution is 2.30. The van der Waals surface area contributed by atoms with Crippen LogP contribution in [0.15, 0.2) is 0 Å². The molecule has 1 rings (SSSR count). The lowest BCUT2D eigenvalue weighted by Gasteiger charge is -2.33. The minimum Gasteiger partial charge on any atom is -0.481 e. The van der Waals surface area contributed by atoms with Gasteiger partial charge in [-0.1, -0.05) is 13.8 Å². The number of aliphatic carboxylic acids is 1. The molecule has 0 bridgehead atoms. The second-order valence-corrected chi connectivity index (χ2v) is 5.31. The van der Waals surface area contributed by atoms with Gasteiger partial charge in [-0.2, -0.15) is 0 Å². The van der Waals surface area contributed by atoms with Crippen molar-refractivity contribution in [2.24, 2.45) is 11.8 Å². The molecule has 0 spiro atoms. The number of rotatable bonds is 5. The van der Waals surface area contributed by atoms with Crippen LogP contribution in [0, 0.1) is 11.8 Å². The van der Waals surface area contributed by atoms with Gasteiger partial charge in [0, 0.05) is 19.0 Å². The maximum atomic E-state index is 12.3. The molecule has 1 amide bonds. The summed E-state index contributed by atoms with van der Waals surface area (Å²) in [4.78, 5) is 25.0. The van der Waals surface area contributed by atoms with Crippen molar-refractivity contribution in [3.63, 3.8) is 0 Å². The Bertz CT molecular complexity index is 291. The first-order chi connectivity index (χ1) is 8.51. The van der Waals surface area contributed by atoms with Crippen LogP contribution < -0.4 is 0 Å². The van der Waals surface area contributed by atoms with Crippen LogP contribution in [0.1, 0.15) is 52.4 Å². The summed E-state index contributed by atoms with van der Waals surface area (Å²) < 4.78 is 0. The summed E-state index contributed by atoms with van der Waals surface area (Å²) >= 11 is 0. The molecular formula is C14H25NO3. The third-order valence-electron chi connectivity index (χ3n) is 4.26. The number of nitrogens with zero attached hydrogens (tertiary/aromatic N) is 1. The highest BCUT2D eigenvalue weighted by Gasteiger charge is 2.32. The fraction of sp³-hybridized carbons (Fsp3) is 0.857. The van der Waals surface area contributed by atoms with Crippen LogP contribution >= 0.6 is 0 Å². The normalized spacial score (nSPS) is 24.0. The average Bonchev–Trinajstić information content (AvgIpc) is 2.39. The Morgan fingerprint density at radius 2 is 1.56 bits per heavy atom. The standard InChI is InChI=1S/C14H25NO3/c1-4-12(5-2)15(3)13(16)10-6-8-11(9-7-10)14(17)18/h10-12H,4-9H2,1-3H3,(H,17,18). The SMILES string of the molecule is CCC(CC)N(C)C(=O)C1CCC(C(=O)O)CC1. The Morgan fingerprint density at radius 1 is 1.11 bits per heavy atom. The Balaban J connectivity index is 2.51. The van der Waals surface area contributed by atoms with Crippen molar-refractivity contribution in [3.8, 4) is 0 Å². The summed E-state index contributed by atoms with van der Waals surface area (Å²) in [5.74, 6) is -0.722. The zero-order valence-corrected chi connectivity index (χ0v) is 11.7. The second kappa shape index (κ2) is 6.76. The number of carboxylic acids is 1. The molecule has 0 aromatic heterocycles. The fourth-order valence-corrected chi connectivity index (χ4v) is 2.89. The van der Waals surface area contributed by atoms with Gasteiger partial charge in [-0.25, -0.2) is 0 Å². The highest BCUT2D eigenvalue weighted by atomic mass is 16.4. The third-order valence-corrected chi connectivity index (χ3v) is 4.26. The predicted octanol–water partition coefficient (Wildman–Crippen LogP) is 2.52. The van der Waals surface area contributed by atoms with Crippen LogP contribution in [0.25, 0.3) is 0 Å². The Morgan fingerprint density at radius 3 is 1.94 bits per heavy atom. The number of carbonyl (C=O) groups excluding carboxylic acids is 1. The van der Waals surface area contributed by atoms with Crippen molar-refractivity contribution >= 4 is 11.9 Å². The van der Waals surface area contributed by atoms with Crippen molar-refractivity contribution < 1.29 is 14.7 Å². The lowest BCUT2D eigenvalue weighted by molar-refractivity contribution is -0.146. The van der Waals surface area contributed by atoms with E-state index in [1.807, 2.05) is 11.9 Å². The molecule has 18 heavy (non-hydrogen) atoms. The van der Waals surface area contributed by atoms with Crippen LogP contribution in [0.5, 0.6) is 0 Å². The van der Waals surface area contributed by atoms with Crippen LogP contribution in [-0.2, 0) is 9.59 Å². The van der Waals surface area contributed by atoms with Gasteiger partial charge in [0.25, 0.3) is 0 Å². The van der Waals surface area contributed by atoms with Crippen LogP contribution in [0.2, 0.25) is 0 Å². The lowest BCUT2D eigenvalue weighted by atomic mass is 9.81. The zero-order chi connectivity index (χ0) is 13.7. The van der Waals surface area contributed by atoms with Gasteiger partial charge < -0.3 is 10.0 Å². The molecule has 0 atom stereocenters. The van der Waals surface area contributed by atoms with E-state index in [1.54, 1.807) is 0 Å². The second-order valence-electron chi connectivity index (χ2n) is 5.31. The molecule has 1 saturated carbocycles. The van der Waals surface area contributed by atoms with E-state index in [-0.39, 0.29) is 17.7 Å². The van der Waals surface area contributed by atoms with Gasteiger partial charge in [0.05, 0.1) is 5.92 Å². The van der Waals surface area contributed by atoms with E-state index in [0.717, 1.165) is 25.7 Å². The zero-order valence-electron chi connectivity index (χ0n) is 11.7. The Hall–Kier alpha value is -1.06. The van der Waals surface area contributed by atoms with Gasteiger partial charge in [0.15, 0.2) is 0 Å². The van der Waals surface area contributed by atoms with Crippen molar-refractivity contribution in [2.75, 3.05) is 7.05 Å². The number of hydrogen-bond donors (Lipinski definition) is 1. The topological polar surface area (TPSA) is 57.6 Å². The number of carbonyl (C=O) groups is 2. The number of carboxylic acid groups (broad SMARTS) is 1. The minimum absolute atomic E-state index is 0.0335. The fourth-order valence-electron chi connectivity index (χ4n) is 2.89. The first-order valence-electron chi connectivity index (χ1n) is 7.00. The predicted molar refractivity (Wildman–Crippen MR) is 70.2 cm³/mol. The van der Waals surface area contributed by atoms with Crippen LogP contribution in [-0.4, -0.2) is 35.0 Å². The first kappa shape index (κ1) is 15.0. The van der Waals surface area contributed by atoms with E-state index < -0.39 is 5.97 Å². The lowest BCUT2D eigenvalue weighted by Crippen LogP contribution is -2.41. The molecule has 104 valence electrons. The molecule has 0 aromatic carbocycles. The summed E-state index contributed by atoms with van der Waals surface area (Å²) in [6, 6.07) is 0.315. The van der Waals surface area contributed by atoms with Crippen LogP contribution in [0.3, 0.4) is 0 Å². The first-order valence-corrected chi connectivity index (χ1v) is 7.00. The summed E-state index contributed by atoms with van der Waals surface area (Å²) in [6.45, 7) is 4.19. The van der Waals surface area contributed by atoms with Crippen molar-refractivity contribution in [2.45, 2.75) is 58.4 Å². The minimum atomic E-state index is -0.714. The quantitative estimate of drug-likeness (QED) is 0.821. The van der Waals surface area contributed by atoms with E-state index >= 15 is 0 Å². The van der Waals surface area contributed by atoms with Gasteiger partial charge in [-0.15, -0.1) is 0 Å². The molecule has 1 N–H and O–H groups in total. The molecule has 0 aliphatic heterocycles. The maximum absolute atomic E-state index is 12.3.